The third kappa shape index (κ3) is 13.2. The summed E-state index contributed by atoms with van der Waals surface area (Å²) >= 11 is 0. The van der Waals surface area contributed by atoms with Crippen molar-refractivity contribution in [2.24, 2.45) is 11.3 Å². The van der Waals surface area contributed by atoms with Gasteiger partial charge >= 0.3 is 5.97 Å². The third-order valence-electron chi connectivity index (χ3n) is 7.95. The van der Waals surface area contributed by atoms with Crippen LogP contribution in [0.25, 0.3) is 0 Å². The van der Waals surface area contributed by atoms with Crippen LogP contribution in [0.3, 0.4) is 0 Å². The molecule has 190 valence electrons. The smallest absolute Gasteiger partial charge is 0.312 e. The van der Waals surface area contributed by atoms with E-state index in [1.807, 2.05) is 0 Å². The molecule has 0 aromatic heterocycles. The first-order valence-electron chi connectivity index (χ1n) is 14.9. The number of hydrogen-bond donors (Lipinski definition) is 0. The van der Waals surface area contributed by atoms with E-state index in [-0.39, 0.29) is 11.4 Å². The van der Waals surface area contributed by atoms with Gasteiger partial charge in [0.25, 0.3) is 0 Å². The topological polar surface area (TPSA) is 26.3 Å². The number of carbonyl (C=O) groups is 1. The van der Waals surface area contributed by atoms with Gasteiger partial charge in [-0.25, -0.2) is 0 Å². The molecule has 2 nitrogen and oxygen atoms in total. The first kappa shape index (κ1) is 29.5. The van der Waals surface area contributed by atoms with Crippen LogP contribution in [0.15, 0.2) is 0 Å². The molecule has 0 aromatic carbocycles. The van der Waals surface area contributed by atoms with Crippen molar-refractivity contribution in [1.82, 2.24) is 0 Å². The molecule has 1 fully saturated rings. The molecule has 2 heteroatoms. The molecule has 1 aliphatic carbocycles. The van der Waals surface area contributed by atoms with Gasteiger partial charge in [0.1, 0.15) is 0 Å². The molecule has 0 atom stereocenters. The molecule has 0 unspecified atom stereocenters. The van der Waals surface area contributed by atoms with Crippen LogP contribution in [-0.2, 0) is 9.53 Å². The van der Waals surface area contributed by atoms with E-state index in [9.17, 15) is 4.79 Å². The predicted molar refractivity (Wildman–Crippen MR) is 140 cm³/mol. The largest absolute Gasteiger partial charge is 0.465 e. The zero-order chi connectivity index (χ0) is 23.3. The van der Waals surface area contributed by atoms with Crippen LogP contribution < -0.4 is 0 Å². The predicted octanol–water partition coefficient (Wildman–Crippen LogP) is 10.2. The normalized spacial score (nSPS) is 21.0. The summed E-state index contributed by atoms with van der Waals surface area (Å²) in [6.45, 7) is 7.47. The fourth-order valence-electron chi connectivity index (χ4n) is 5.56. The average molecular weight is 451 g/mol. The number of rotatable bonds is 21. The fraction of sp³-hybridized carbons (Fsp3) is 0.967. The molecular weight excluding hydrogens is 392 g/mol. The standard InChI is InChI=1S/C30H58O2/c1-4-7-10-12-14-16-19-24-30(25-22-28(23-26-30)21-18-9-6-3)29(31)32-27-20-17-15-13-11-8-5-2/h28H,4-27H2,1-3H3. The maximum atomic E-state index is 13.2. The number of hydrogen-bond acceptors (Lipinski definition) is 2. The molecule has 0 radical (unpaired) electrons. The van der Waals surface area contributed by atoms with Crippen molar-refractivity contribution < 1.29 is 9.53 Å². The molecule has 0 N–H and O–H groups in total. The molecule has 0 amide bonds. The maximum Gasteiger partial charge on any atom is 0.312 e. The van der Waals surface area contributed by atoms with Crippen molar-refractivity contribution in [2.45, 2.75) is 168 Å². The number of esters is 1. The van der Waals surface area contributed by atoms with E-state index in [0.717, 1.165) is 31.6 Å². The van der Waals surface area contributed by atoms with Gasteiger partial charge in [-0.05, 0) is 44.4 Å². The Morgan fingerprint density at radius 2 is 1.12 bits per heavy atom. The van der Waals surface area contributed by atoms with E-state index >= 15 is 0 Å². The molecule has 1 rings (SSSR count). The summed E-state index contributed by atoms with van der Waals surface area (Å²) in [5.74, 6) is 1.00. The SMILES string of the molecule is CCCCCCCCCOC(=O)C1(CCCCCCCCC)CCC(CCCCC)CC1. The number of ether oxygens (including phenoxy) is 1. The van der Waals surface area contributed by atoms with E-state index in [1.165, 1.54) is 122 Å². The summed E-state index contributed by atoms with van der Waals surface area (Å²) in [6, 6.07) is 0. The lowest BCUT2D eigenvalue weighted by atomic mass is 9.67. The van der Waals surface area contributed by atoms with E-state index in [4.69, 9.17) is 4.74 Å². The third-order valence-corrected chi connectivity index (χ3v) is 7.95. The molecule has 0 bridgehead atoms. The van der Waals surface area contributed by atoms with Crippen molar-refractivity contribution in [3.05, 3.63) is 0 Å². The van der Waals surface area contributed by atoms with Gasteiger partial charge in [0.05, 0.1) is 12.0 Å². The Morgan fingerprint density at radius 1 is 0.656 bits per heavy atom. The highest BCUT2D eigenvalue weighted by molar-refractivity contribution is 5.77. The van der Waals surface area contributed by atoms with E-state index in [0.29, 0.717) is 6.61 Å². The second-order valence-corrected chi connectivity index (χ2v) is 10.8. The van der Waals surface area contributed by atoms with Crippen LogP contribution >= 0.6 is 0 Å². The van der Waals surface area contributed by atoms with Gasteiger partial charge in [-0.15, -0.1) is 0 Å². The summed E-state index contributed by atoms with van der Waals surface area (Å²) in [4.78, 5) is 13.2. The van der Waals surface area contributed by atoms with E-state index in [2.05, 4.69) is 20.8 Å². The lowest BCUT2D eigenvalue weighted by Gasteiger charge is -2.38. The molecule has 0 spiro atoms. The molecule has 0 heterocycles. The molecule has 0 saturated heterocycles. The van der Waals surface area contributed by atoms with E-state index < -0.39 is 0 Å². The zero-order valence-corrected chi connectivity index (χ0v) is 22.4. The molecule has 1 saturated carbocycles. The fourth-order valence-corrected chi connectivity index (χ4v) is 5.56. The second-order valence-electron chi connectivity index (χ2n) is 10.8. The van der Waals surface area contributed by atoms with Gasteiger partial charge in [-0.1, -0.05) is 130 Å². The Bertz CT molecular complexity index is 423. The first-order chi connectivity index (χ1) is 15.7. The summed E-state index contributed by atoms with van der Waals surface area (Å²) < 4.78 is 5.92. The minimum atomic E-state index is -0.161. The van der Waals surface area contributed by atoms with E-state index in [1.54, 1.807) is 0 Å². The van der Waals surface area contributed by atoms with Crippen molar-refractivity contribution in [3.8, 4) is 0 Å². The lowest BCUT2D eigenvalue weighted by molar-refractivity contribution is -0.159. The minimum absolute atomic E-state index is 0.154. The Hall–Kier alpha value is -0.530. The summed E-state index contributed by atoms with van der Waals surface area (Å²) in [6.07, 6.45) is 29.3. The Kier molecular flexibility index (Phi) is 18.3. The van der Waals surface area contributed by atoms with Gasteiger partial charge in [0.15, 0.2) is 0 Å². The second kappa shape index (κ2) is 19.9. The summed E-state index contributed by atoms with van der Waals surface area (Å²) in [7, 11) is 0. The Labute approximate surface area is 202 Å². The van der Waals surface area contributed by atoms with Gasteiger partial charge in [-0.2, -0.15) is 0 Å². The van der Waals surface area contributed by atoms with Crippen molar-refractivity contribution >= 4 is 5.97 Å². The van der Waals surface area contributed by atoms with Gasteiger partial charge in [0, 0.05) is 0 Å². The molecule has 0 aliphatic heterocycles. The highest BCUT2D eigenvalue weighted by atomic mass is 16.5. The van der Waals surface area contributed by atoms with Crippen LogP contribution in [-0.4, -0.2) is 12.6 Å². The first-order valence-corrected chi connectivity index (χ1v) is 14.9. The monoisotopic (exact) mass is 450 g/mol. The summed E-state index contributed by atoms with van der Waals surface area (Å²) in [5.41, 5.74) is -0.161. The van der Waals surface area contributed by atoms with Crippen molar-refractivity contribution in [1.29, 1.82) is 0 Å². The highest BCUT2D eigenvalue weighted by Gasteiger charge is 2.42. The highest BCUT2D eigenvalue weighted by Crippen LogP contribution is 2.45. The lowest BCUT2D eigenvalue weighted by Crippen LogP contribution is -2.37. The molecule has 1 aliphatic rings. The average Bonchev–Trinajstić information content (AvgIpc) is 2.81. The number of carbonyl (C=O) groups excluding carboxylic acids is 1. The quantitative estimate of drug-likeness (QED) is 0.128. The Morgan fingerprint density at radius 3 is 1.69 bits per heavy atom. The van der Waals surface area contributed by atoms with Crippen LogP contribution in [0.1, 0.15) is 168 Å². The van der Waals surface area contributed by atoms with Crippen molar-refractivity contribution in [2.75, 3.05) is 6.61 Å². The van der Waals surface area contributed by atoms with Gasteiger partial charge in [-0.3, -0.25) is 4.79 Å². The molecule has 0 aromatic rings. The van der Waals surface area contributed by atoms with Crippen molar-refractivity contribution in [3.63, 3.8) is 0 Å². The minimum Gasteiger partial charge on any atom is -0.465 e. The molecule has 32 heavy (non-hydrogen) atoms. The zero-order valence-electron chi connectivity index (χ0n) is 22.4. The molecular formula is C30H58O2. The summed E-state index contributed by atoms with van der Waals surface area (Å²) in [5, 5.41) is 0. The maximum absolute atomic E-state index is 13.2. The van der Waals surface area contributed by atoms with Crippen LogP contribution in [0.2, 0.25) is 0 Å². The van der Waals surface area contributed by atoms with Gasteiger partial charge in [0.2, 0.25) is 0 Å². The van der Waals surface area contributed by atoms with Gasteiger partial charge < -0.3 is 4.74 Å². The van der Waals surface area contributed by atoms with Crippen LogP contribution in [0.4, 0.5) is 0 Å². The Balaban J connectivity index is 2.39. The van der Waals surface area contributed by atoms with Crippen LogP contribution in [0.5, 0.6) is 0 Å². The van der Waals surface area contributed by atoms with Crippen LogP contribution in [0, 0.1) is 11.3 Å². The number of unbranched alkanes of at least 4 members (excludes halogenated alkanes) is 14.